The number of carbonyl (C=O) groups excluding carboxylic acids is 1. The molecule has 0 aromatic carbocycles. The van der Waals surface area contributed by atoms with Crippen LogP contribution in [-0.2, 0) is 9.53 Å². The molecule has 0 aromatic rings. The molecule has 0 spiro atoms. The van der Waals surface area contributed by atoms with Crippen LogP contribution in [0.25, 0.3) is 0 Å². The number of hydrogen-bond donors (Lipinski definition) is 0. The zero-order chi connectivity index (χ0) is 12.4. The summed E-state index contributed by atoms with van der Waals surface area (Å²) in [5.41, 5.74) is 0. The van der Waals surface area contributed by atoms with Crippen molar-refractivity contribution in [1.82, 2.24) is 0 Å². The fourth-order valence-corrected chi connectivity index (χ4v) is 2.30. The summed E-state index contributed by atoms with van der Waals surface area (Å²) >= 11 is 0. The van der Waals surface area contributed by atoms with E-state index in [2.05, 4.69) is 0 Å². The quantitative estimate of drug-likeness (QED) is 0.675. The molecular formula is C14H28O2. The summed E-state index contributed by atoms with van der Waals surface area (Å²) in [6.07, 6.45) is 7.72. The highest BCUT2D eigenvalue weighted by Crippen LogP contribution is 2.29. The maximum absolute atomic E-state index is 11.4. The summed E-state index contributed by atoms with van der Waals surface area (Å²) in [7, 11) is 0. The van der Waals surface area contributed by atoms with Gasteiger partial charge in [-0.1, -0.05) is 52.9 Å². The van der Waals surface area contributed by atoms with Crippen molar-refractivity contribution in [2.24, 2.45) is 11.8 Å². The van der Waals surface area contributed by atoms with Crippen molar-refractivity contribution in [2.75, 3.05) is 6.61 Å². The summed E-state index contributed by atoms with van der Waals surface area (Å²) < 4.78 is 5.01. The van der Waals surface area contributed by atoms with E-state index in [1.54, 1.807) is 0 Å². The highest BCUT2D eigenvalue weighted by Gasteiger charge is 2.21. The van der Waals surface area contributed by atoms with Crippen molar-refractivity contribution in [2.45, 2.75) is 66.2 Å². The molecule has 1 atom stereocenters. The van der Waals surface area contributed by atoms with Crippen LogP contribution in [0.15, 0.2) is 0 Å². The Morgan fingerprint density at radius 1 is 1.25 bits per heavy atom. The third-order valence-electron chi connectivity index (χ3n) is 3.10. The summed E-state index contributed by atoms with van der Waals surface area (Å²) in [6, 6.07) is 0. The van der Waals surface area contributed by atoms with Crippen LogP contribution in [0.1, 0.15) is 66.2 Å². The van der Waals surface area contributed by atoms with Crippen molar-refractivity contribution < 1.29 is 9.53 Å². The number of carbonyl (C=O) groups is 1. The van der Waals surface area contributed by atoms with Crippen LogP contribution in [0.2, 0.25) is 0 Å². The average Bonchev–Trinajstić information content (AvgIpc) is 2.33. The lowest BCUT2D eigenvalue weighted by Gasteiger charge is -2.23. The van der Waals surface area contributed by atoms with Crippen LogP contribution >= 0.6 is 0 Å². The van der Waals surface area contributed by atoms with Crippen LogP contribution in [0.3, 0.4) is 0 Å². The highest BCUT2D eigenvalue weighted by atomic mass is 16.5. The molecule has 0 saturated heterocycles. The van der Waals surface area contributed by atoms with Gasteiger partial charge in [-0.05, 0) is 19.3 Å². The molecule has 0 bridgehead atoms. The van der Waals surface area contributed by atoms with Gasteiger partial charge in [0.2, 0.25) is 0 Å². The Balaban J connectivity index is 0.00000106. The molecule has 0 aliphatic heterocycles. The van der Waals surface area contributed by atoms with E-state index in [4.69, 9.17) is 4.74 Å². The van der Waals surface area contributed by atoms with Crippen LogP contribution in [0.4, 0.5) is 0 Å². The van der Waals surface area contributed by atoms with E-state index in [-0.39, 0.29) is 11.9 Å². The zero-order valence-corrected chi connectivity index (χ0v) is 11.4. The minimum absolute atomic E-state index is 0.0157. The molecule has 1 fully saturated rings. The van der Waals surface area contributed by atoms with E-state index in [0.29, 0.717) is 6.61 Å². The van der Waals surface area contributed by atoms with Gasteiger partial charge in [-0.2, -0.15) is 0 Å². The lowest BCUT2D eigenvalue weighted by molar-refractivity contribution is -0.148. The van der Waals surface area contributed by atoms with E-state index in [1.807, 2.05) is 27.7 Å². The first-order valence-electron chi connectivity index (χ1n) is 6.90. The predicted molar refractivity (Wildman–Crippen MR) is 68.3 cm³/mol. The molecule has 1 aliphatic rings. The molecule has 0 radical (unpaired) electrons. The van der Waals surface area contributed by atoms with Gasteiger partial charge >= 0.3 is 5.97 Å². The molecule has 0 amide bonds. The Bertz CT molecular complexity index is 172. The Hall–Kier alpha value is -0.530. The van der Waals surface area contributed by atoms with Gasteiger partial charge in [0, 0.05) is 0 Å². The monoisotopic (exact) mass is 228 g/mol. The van der Waals surface area contributed by atoms with Gasteiger partial charge in [-0.15, -0.1) is 0 Å². The van der Waals surface area contributed by atoms with Gasteiger partial charge in [0.1, 0.15) is 0 Å². The lowest BCUT2D eigenvalue weighted by atomic mass is 9.83. The smallest absolute Gasteiger partial charge is 0.308 e. The van der Waals surface area contributed by atoms with Gasteiger partial charge < -0.3 is 4.74 Å². The average molecular weight is 228 g/mol. The maximum atomic E-state index is 11.4. The number of esters is 1. The van der Waals surface area contributed by atoms with Crippen molar-refractivity contribution in [1.29, 1.82) is 0 Å². The number of hydrogen-bond acceptors (Lipinski definition) is 2. The van der Waals surface area contributed by atoms with Crippen molar-refractivity contribution >= 4 is 5.97 Å². The minimum atomic E-state index is -0.0157. The summed E-state index contributed by atoms with van der Waals surface area (Å²) in [5.74, 6) is 0.847. The second kappa shape index (κ2) is 9.68. The first kappa shape index (κ1) is 15.5. The zero-order valence-electron chi connectivity index (χ0n) is 11.4. The Kier molecular flexibility index (Phi) is 9.36. The van der Waals surface area contributed by atoms with Crippen molar-refractivity contribution in [3.8, 4) is 0 Å². The molecule has 0 heterocycles. The van der Waals surface area contributed by atoms with Gasteiger partial charge in [0.25, 0.3) is 0 Å². The van der Waals surface area contributed by atoms with Crippen molar-refractivity contribution in [3.63, 3.8) is 0 Å². The van der Waals surface area contributed by atoms with Crippen LogP contribution in [0.5, 0.6) is 0 Å². The standard InChI is InChI=1S/C12H22O2.C2H6/c1-3-14-12(13)10(2)9-11-7-5-4-6-8-11;1-2/h10-11H,3-9H2,1-2H3;1-2H3. The van der Waals surface area contributed by atoms with Crippen LogP contribution in [0, 0.1) is 11.8 Å². The van der Waals surface area contributed by atoms with Gasteiger partial charge in [-0.25, -0.2) is 0 Å². The number of ether oxygens (including phenoxy) is 1. The molecule has 1 rings (SSSR count). The molecule has 1 unspecified atom stereocenters. The van der Waals surface area contributed by atoms with Gasteiger partial charge in [0.05, 0.1) is 12.5 Å². The maximum Gasteiger partial charge on any atom is 0.308 e. The molecule has 1 aliphatic carbocycles. The summed E-state index contributed by atoms with van der Waals surface area (Å²) in [6.45, 7) is 8.37. The van der Waals surface area contributed by atoms with E-state index in [9.17, 15) is 4.79 Å². The van der Waals surface area contributed by atoms with E-state index < -0.39 is 0 Å². The molecular weight excluding hydrogens is 200 g/mol. The second-order valence-electron chi connectivity index (χ2n) is 4.39. The molecule has 96 valence electrons. The highest BCUT2D eigenvalue weighted by molar-refractivity contribution is 5.71. The molecule has 2 heteroatoms. The summed E-state index contributed by atoms with van der Waals surface area (Å²) in [5, 5.41) is 0. The third kappa shape index (κ3) is 6.14. The predicted octanol–water partition coefficient (Wildman–Crippen LogP) is 4.18. The third-order valence-corrected chi connectivity index (χ3v) is 3.10. The molecule has 16 heavy (non-hydrogen) atoms. The van der Waals surface area contributed by atoms with Gasteiger partial charge in [0.15, 0.2) is 0 Å². The first-order chi connectivity index (χ1) is 7.74. The van der Waals surface area contributed by atoms with Gasteiger partial charge in [-0.3, -0.25) is 4.79 Å². The molecule has 0 aromatic heterocycles. The molecule has 0 N–H and O–H groups in total. The lowest BCUT2D eigenvalue weighted by Crippen LogP contribution is -2.19. The molecule has 2 nitrogen and oxygen atoms in total. The fraction of sp³-hybridized carbons (Fsp3) is 0.929. The van der Waals surface area contributed by atoms with Crippen LogP contribution < -0.4 is 0 Å². The minimum Gasteiger partial charge on any atom is -0.466 e. The SMILES string of the molecule is CC.CCOC(=O)C(C)CC1CCCCC1. The van der Waals surface area contributed by atoms with E-state index in [1.165, 1.54) is 32.1 Å². The first-order valence-corrected chi connectivity index (χ1v) is 6.90. The Morgan fingerprint density at radius 3 is 2.31 bits per heavy atom. The number of rotatable bonds is 4. The van der Waals surface area contributed by atoms with Crippen LogP contribution in [-0.4, -0.2) is 12.6 Å². The summed E-state index contributed by atoms with van der Waals surface area (Å²) in [4.78, 5) is 11.4. The van der Waals surface area contributed by atoms with E-state index >= 15 is 0 Å². The van der Waals surface area contributed by atoms with Crippen molar-refractivity contribution in [3.05, 3.63) is 0 Å². The fourth-order valence-electron chi connectivity index (χ4n) is 2.30. The second-order valence-corrected chi connectivity index (χ2v) is 4.39. The van der Waals surface area contributed by atoms with E-state index in [0.717, 1.165) is 12.3 Å². The topological polar surface area (TPSA) is 26.3 Å². The molecule has 1 saturated carbocycles. The normalized spacial score (nSPS) is 18.2. The largest absolute Gasteiger partial charge is 0.466 e. The Labute approximate surface area is 101 Å². The Morgan fingerprint density at radius 2 is 1.81 bits per heavy atom.